The minimum Gasteiger partial charge on any atom is -0.443 e. The molecule has 0 bridgehead atoms. The van der Waals surface area contributed by atoms with Crippen LogP contribution in [-0.2, 0) is 4.74 Å². The number of aromatic nitrogens is 2. The van der Waals surface area contributed by atoms with Crippen LogP contribution in [0.5, 0.6) is 0 Å². The number of aromatic amines is 1. The molecule has 0 aliphatic carbocycles. The van der Waals surface area contributed by atoms with Crippen LogP contribution in [-0.4, -0.2) is 27.9 Å². The highest BCUT2D eigenvalue weighted by Gasteiger charge is 2.45. The van der Waals surface area contributed by atoms with Gasteiger partial charge in [-0.3, -0.25) is 5.32 Å². The third-order valence-corrected chi connectivity index (χ3v) is 6.68. The molecule has 1 aliphatic rings. The van der Waals surface area contributed by atoms with Crippen molar-refractivity contribution in [2.24, 2.45) is 0 Å². The number of fused-ring (bicyclic) bond motifs is 2. The van der Waals surface area contributed by atoms with Gasteiger partial charge >= 0.3 is 6.09 Å². The van der Waals surface area contributed by atoms with E-state index in [0.717, 1.165) is 5.39 Å². The summed E-state index contributed by atoms with van der Waals surface area (Å²) >= 11 is 0. The monoisotopic (exact) mass is 480 g/mol. The number of carbonyl (C=O) groups excluding carboxylic acids is 1. The Bertz CT molecular complexity index is 1440. The summed E-state index contributed by atoms with van der Waals surface area (Å²) in [5.41, 5.74) is 1.70. The molecular formula is C26H26F2N4O3. The Morgan fingerprint density at radius 1 is 1.23 bits per heavy atom. The zero-order valence-corrected chi connectivity index (χ0v) is 20.0. The van der Waals surface area contributed by atoms with Gasteiger partial charge in [0.25, 0.3) is 0 Å². The third kappa shape index (κ3) is 3.71. The first-order valence-electron chi connectivity index (χ1n) is 11.4. The van der Waals surface area contributed by atoms with Gasteiger partial charge in [0.15, 0.2) is 5.76 Å². The zero-order chi connectivity index (χ0) is 25.1. The predicted octanol–water partition coefficient (Wildman–Crippen LogP) is 6.64. The number of hydrogen-bond donors (Lipinski definition) is 3. The van der Waals surface area contributed by atoms with Crippen molar-refractivity contribution in [3.8, 4) is 11.1 Å². The number of aryl methyl sites for hydroxylation is 2. The zero-order valence-electron chi connectivity index (χ0n) is 20.0. The molecule has 1 aliphatic heterocycles. The van der Waals surface area contributed by atoms with E-state index in [0.29, 0.717) is 33.9 Å². The van der Waals surface area contributed by atoms with Crippen molar-refractivity contribution in [1.29, 1.82) is 0 Å². The lowest BCUT2D eigenvalue weighted by Crippen LogP contribution is -2.52. The Hall–Kier alpha value is -3.88. The minimum atomic E-state index is -0.803. The van der Waals surface area contributed by atoms with Gasteiger partial charge in [-0.15, -0.1) is 0 Å². The van der Waals surface area contributed by atoms with Crippen LogP contribution in [0.15, 0.2) is 41.1 Å². The Morgan fingerprint density at radius 2 is 2.00 bits per heavy atom. The maximum atomic E-state index is 16.1. The second-order valence-electron chi connectivity index (χ2n) is 9.54. The Balaban J connectivity index is 1.54. The number of carbonyl (C=O) groups is 1. The molecule has 2 atom stereocenters. The van der Waals surface area contributed by atoms with Crippen molar-refractivity contribution < 1.29 is 22.8 Å². The van der Waals surface area contributed by atoms with Crippen LogP contribution in [0.2, 0.25) is 0 Å². The molecule has 35 heavy (non-hydrogen) atoms. The average Bonchev–Trinajstić information content (AvgIpc) is 3.38. The standard InChI is InChI=1S/C26H26F2N4O3/c1-12-19-18(11-17(27)20(21(19)28)16-8-6-7-15-9-10-29-23(15)16)31-26(4,5)24(12)34-25(33)30-22-13(2)32-35-14(22)3/h6-12,24,29,31H,1-5H3,(H,30,33)/t12-,24+/m1/s1. The maximum Gasteiger partial charge on any atom is 0.412 e. The summed E-state index contributed by atoms with van der Waals surface area (Å²) in [5.74, 6) is -1.48. The van der Waals surface area contributed by atoms with Crippen molar-refractivity contribution in [3.63, 3.8) is 0 Å². The van der Waals surface area contributed by atoms with Gasteiger partial charge < -0.3 is 19.6 Å². The van der Waals surface area contributed by atoms with Gasteiger partial charge in [0.05, 0.1) is 16.6 Å². The van der Waals surface area contributed by atoms with Gasteiger partial charge in [0, 0.05) is 28.9 Å². The van der Waals surface area contributed by atoms with Crippen molar-refractivity contribution in [1.82, 2.24) is 10.1 Å². The largest absolute Gasteiger partial charge is 0.443 e. The molecule has 3 heterocycles. The van der Waals surface area contributed by atoms with Crippen LogP contribution < -0.4 is 10.6 Å². The second kappa shape index (κ2) is 8.11. The summed E-state index contributed by atoms with van der Waals surface area (Å²) in [6, 6.07) is 8.48. The predicted molar refractivity (Wildman–Crippen MR) is 130 cm³/mol. The molecule has 182 valence electrons. The maximum absolute atomic E-state index is 16.1. The number of nitrogens with zero attached hydrogens (tertiary/aromatic N) is 1. The summed E-state index contributed by atoms with van der Waals surface area (Å²) in [6.07, 6.45) is 0.259. The van der Waals surface area contributed by atoms with E-state index >= 15 is 8.78 Å². The van der Waals surface area contributed by atoms with E-state index in [1.807, 2.05) is 26.0 Å². The van der Waals surface area contributed by atoms with Crippen LogP contribution in [0.1, 0.15) is 43.7 Å². The second-order valence-corrected chi connectivity index (χ2v) is 9.54. The first kappa shape index (κ1) is 22.9. The lowest BCUT2D eigenvalue weighted by Gasteiger charge is -2.44. The van der Waals surface area contributed by atoms with Crippen LogP contribution in [0, 0.1) is 25.5 Å². The highest BCUT2D eigenvalue weighted by atomic mass is 19.1. The molecule has 0 radical (unpaired) electrons. The van der Waals surface area contributed by atoms with Crippen molar-refractivity contribution in [3.05, 3.63) is 65.2 Å². The molecule has 0 saturated heterocycles. The fourth-order valence-corrected chi connectivity index (χ4v) is 5.08. The number of hydrogen-bond acceptors (Lipinski definition) is 5. The molecule has 0 saturated carbocycles. The van der Waals surface area contributed by atoms with Gasteiger partial charge in [0.1, 0.15) is 29.1 Å². The quantitative estimate of drug-likeness (QED) is 0.306. The first-order valence-corrected chi connectivity index (χ1v) is 11.4. The van der Waals surface area contributed by atoms with Crippen molar-refractivity contribution in [2.75, 3.05) is 10.6 Å². The molecule has 7 nitrogen and oxygen atoms in total. The van der Waals surface area contributed by atoms with E-state index in [1.165, 1.54) is 6.07 Å². The normalized spacial score (nSPS) is 18.7. The van der Waals surface area contributed by atoms with E-state index in [2.05, 4.69) is 20.8 Å². The Labute approximate surface area is 200 Å². The molecule has 9 heteroatoms. The van der Waals surface area contributed by atoms with Crippen LogP contribution >= 0.6 is 0 Å². The SMILES string of the molecule is Cc1noc(C)c1NC(=O)O[C@H]1[C@H](C)c2c(cc(F)c(-c3cccc4cc[nH]c34)c2F)NC1(C)C. The summed E-state index contributed by atoms with van der Waals surface area (Å²) in [6.45, 7) is 8.80. The molecule has 5 rings (SSSR count). The molecule has 0 unspecified atom stereocenters. The molecule has 2 aromatic heterocycles. The lowest BCUT2D eigenvalue weighted by molar-refractivity contribution is 0.0560. The van der Waals surface area contributed by atoms with Gasteiger partial charge in [-0.1, -0.05) is 30.3 Å². The van der Waals surface area contributed by atoms with Crippen LogP contribution in [0.4, 0.5) is 25.0 Å². The Morgan fingerprint density at radius 3 is 2.71 bits per heavy atom. The van der Waals surface area contributed by atoms with E-state index in [9.17, 15) is 4.79 Å². The molecular weight excluding hydrogens is 454 g/mol. The van der Waals surface area contributed by atoms with E-state index < -0.39 is 35.3 Å². The number of para-hydroxylation sites is 1. The Kier molecular flexibility index (Phi) is 5.30. The number of nitrogens with one attached hydrogen (secondary N) is 3. The highest BCUT2D eigenvalue weighted by Crippen LogP contribution is 2.46. The fourth-order valence-electron chi connectivity index (χ4n) is 5.08. The number of rotatable bonds is 3. The van der Waals surface area contributed by atoms with Crippen molar-refractivity contribution in [2.45, 2.75) is 52.2 Å². The number of H-pyrrole nitrogens is 1. The summed E-state index contributed by atoms with van der Waals surface area (Å²) in [5, 5.41) is 10.5. The number of ether oxygens (including phenoxy) is 1. The van der Waals surface area contributed by atoms with Crippen LogP contribution in [0.3, 0.4) is 0 Å². The topological polar surface area (TPSA) is 92.2 Å². The van der Waals surface area contributed by atoms with Crippen molar-refractivity contribution >= 4 is 28.4 Å². The van der Waals surface area contributed by atoms with Gasteiger partial charge in [-0.05, 0) is 45.2 Å². The first-order chi connectivity index (χ1) is 16.6. The molecule has 4 aromatic rings. The summed E-state index contributed by atoms with van der Waals surface area (Å²) in [4.78, 5) is 15.9. The van der Waals surface area contributed by atoms with E-state index in [-0.39, 0.29) is 11.1 Å². The summed E-state index contributed by atoms with van der Waals surface area (Å²) in [7, 11) is 0. The molecule has 0 fully saturated rings. The lowest BCUT2D eigenvalue weighted by atomic mass is 9.77. The molecule has 1 amide bonds. The average molecular weight is 481 g/mol. The third-order valence-electron chi connectivity index (χ3n) is 6.68. The van der Waals surface area contributed by atoms with E-state index in [4.69, 9.17) is 9.26 Å². The molecule has 3 N–H and O–H groups in total. The van der Waals surface area contributed by atoms with E-state index in [1.54, 1.807) is 39.1 Å². The highest BCUT2D eigenvalue weighted by molar-refractivity contribution is 5.95. The number of amides is 1. The molecule has 0 spiro atoms. The van der Waals surface area contributed by atoms with Gasteiger partial charge in [0.2, 0.25) is 0 Å². The smallest absolute Gasteiger partial charge is 0.412 e. The summed E-state index contributed by atoms with van der Waals surface area (Å²) < 4.78 is 42.3. The number of halogens is 2. The van der Waals surface area contributed by atoms with Crippen LogP contribution in [0.25, 0.3) is 22.0 Å². The molecule has 2 aromatic carbocycles. The minimum absolute atomic E-state index is 0.121. The van der Waals surface area contributed by atoms with Gasteiger partial charge in [-0.2, -0.15) is 0 Å². The number of benzene rings is 2. The van der Waals surface area contributed by atoms with Gasteiger partial charge in [-0.25, -0.2) is 13.6 Å². The fraction of sp³-hybridized carbons (Fsp3) is 0.308. The number of anilines is 2.